The molecule has 150 valence electrons. The minimum absolute atomic E-state index is 0.672. The van der Waals surface area contributed by atoms with Gasteiger partial charge in [-0.3, -0.25) is 15.0 Å². The van der Waals surface area contributed by atoms with Crippen molar-refractivity contribution in [2.45, 2.75) is 13.8 Å². The maximum absolute atomic E-state index is 6.40. The Bertz CT molecular complexity index is 1370. The minimum atomic E-state index is 0.672. The second kappa shape index (κ2) is 7.95. The fourth-order valence-corrected chi connectivity index (χ4v) is 3.49. The molecular formula is C26H20N4O. The first-order valence-electron chi connectivity index (χ1n) is 10.1. The standard InChI is InChI=1S/C26H20N4O/c1-17-14-25(26(30-18(17)2)22-7-3-4-12-28-22)31-24-10-13-29-23-15-19(8-9-21(23)24)20-6-5-11-27-16-20/h3-16H,1-2H3. The van der Waals surface area contributed by atoms with E-state index in [9.17, 15) is 0 Å². The summed E-state index contributed by atoms with van der Waals surface area (Å²) in [6.07, 6.45) is 7.14. The smallest absolute Gasteiger partial charge is 0.155 e. The van der Waals surface area contributed by atoms with Crippen LogP contribution in [-0.4, -0.2) is 19.9 Å². The topological polar surface area (TPSA) is 60.8 Å². The van der Waals surface area contributed by atoms with Crippen LogP contribution in [0.5, 0.6) is 11.5 Å². The van der Waals surface area contributed by atoms with Crippen LogP contribution in [0.1, 0.15) is 11.3 Å². The summed E-state index contributed by atoms with van der Waals surface area (Å²) in [5.41, 5.74) is 6.48. The maximum Gasteiger partial charge on any atom is 0.155 e. The number of nitrogens with zero attached hydrogens (tertiary/aromatic N) is 4. The molecule has 0 bridgehead atoms. The van der Waals surface area contributed by atoms with Gasteiger partial charge in [-0.05, 0) is 67.4 Å². The van der Waals surface area contributed by atoms with Gasteiger partial charge in [0, 0.05) is 41.4 Å². The Morgan fingerprint density at radius 3 is 2.48 bits per heavy atom. The molecule has 0 atom stereocenters. The minimum Gasteiger partial charge on any atom is -0.454 e. The van der Waals surface area contributed by atoms with Gasteiger partial charge in [0.05, 0.1) is 11.2 Å². The molecular weight excluding hydrogens is 384 g/mol. The Balaban J connectivity index is 1.59. The summed E-state index contributed by atoms with van der Waals surface area (Å²) in [5.74, 6) is 1.40. The van der Waals surface area contributed by atoms with Crippen LogP contribution in [0.4, 0.5) is 0 Å². The maximum atomic E-state index is 6.40. The van der Waals surface area contributed by atoms with Crippen molar-refractivity contribution < 1.29 is 4.74 Å². The zero-order chi connectivity index (χ0) is 21.2. The Labute approximate surface area is 180 Å². The van der Waals surface area contributed by atoms with E-state index in [1.165, 1.54) is 0 Å². The van der Waals surface area contributed by atoms with E-state index in [0.29, 0.717) is 5.75 Å². The van der Waals surface area contributed by atoms with E-state index < -0.39 is 0 Å². The van der Waals surface area contributed by atoms with Crippen molar-refractivity contribution in [3.05, 3.63) is 96.7 Å². The lowest BCUT2D eigenvalue weighted by Gasteiger charge is -2.14. The molecule has 0 aliphatic carbocycles. The first-order valence-corrected chi connectivity index (χ1v) is 10.1. The molecule has 0 N–H and O–H groups in total. The summed E-state index contributed by atoms with van der Waals surface area (Å²) < 4.78 is 6.40. The monoisotopic (exact) mass is 404 g/mol. The van der Waals surface area contributed by atoms with E-state index in [0.717, 1.165) is 50.4 Å². The van der Waals surface area contributed by atoms with Gasteiger partial charge in [0.25, 0.3) is 0 Å². The van der Waals surface area contributed by atoms with Crippen LogP contribution in [0, 0.1) is 13.8 Å². The van der Waals surface area contributed by atoms with Gasteiger partial charge in [-0.15, -0.1) is 0 Å². The van der Waals surface area contributed by atoms with Crippen LogP contribution in [-0.2, 0) is 0 Å². The molecule has 5 rings (SSSR count). The molecule has 0 saturated carbocycles. The van der Waals surface area contributed by atoms with Crippen LogP contribution in [0.25, 0.3) is 33.4 Å². The second-order valence-corrected chi connectivity index (χ2v) is 7.34. The second-order valence-electron chi connectivity index (χ2n) is 7.34. The van der Waals surface area contributed by atoms with Gasteiger partial charge in [-0.2, -0.15) is 0 Å². The van der Waals surface area contributed by atoms with Gasteiger partial charge in [0.1, 0.15) is 11.4 Å². The van der Waals surface area contributed by atoms with Crippen LogP contribution < -0.4 is 4.74 Å². The molecule has 5 heteroatoms. The van der Waals surface area contributed by atoms with Crippen LogP contribution in [0.3, 0.4) is 0 Å². The highest BCUT2D eigenvalue weighted by Crippen LogP contribution is 2.36. The highest BCUT2D eigenvalue weighted by atomic mass is 16.5. The van der Waals surface area contributed by atoms with Gasteiger partial charge >= 0.3 is 0 Å². The molecule has 1 aromatic carbocycles. The first-order chi connectivity index (χ1) is 15.2. The molecule has 0 unspecified atom stereocenters. The van der Waals surface area contributed by atoms with Crippen molar-refractivity contribution in [3.63, 3.8) is 0 Å². The molecule has 5 nitrogen and oxygen atoms in total. The summed E-state index contributed by atoms with van der Waals surface area (Å²) in [7, 11) is 0. The van der Waals surface area contributed by atoms with E-state index in [4.69, 9.17) is 9.72 Å². The van der Waals surface area contributed by atoms with Crippen molar-refractivity contribution in [1.82, 2.24) is 19.9 Å². The molecule has 0 amide bonds. The molecule has 4 aromatic heterocycles. The number of hydrogen-bond acceptors (Lipinski definition) is 5. The molecule has 0 aliphatic heterocycles. The van der Waals surface area contributed by atoms with Gasteiger partial charge in [-0.25, -0.2) is 4.98 Å². The number of rotatable bonds is 4. The molecule has 0 saturated heterocycles. The summed E-state index contributed by atoms with van der Waals surface area (Å²) in [4.78, 5) is 18.0. The number of fused-ring (bicyclic) bond motifs is 1. The highest BCUT2D eigenvalue weighted by Gasteiger charge is 2.15. The molecule has 4 heterocycles. The molecule has 0 fully saturated rings. The van der Waals surface area contributed by atoms with Crippen molar-refractivity contribution in [2.24, 2.45) is 0 Å². The Morgan fingerprint density at radius 1 is 0.742 bits per heavy atom. The normalized spacial score (nSPS) is 10.9. The van der Waals surface area contributed by atoms with Crippen molar-refractivity contribution in [2.75, 3.05) is 0 Å². The summed E-state index contributed by atoms with van der Waals surface area (Å²) in [6.45, 7) is 4.02. The van der Waals surface area contributed by atoms with E-state index in [2.05, 4.69) is 27.1 Å². The number of benzene rings is 1. The van der Waals surface area contributed by atoms with Crippen molar-refractivity contribution in [3.8, 4) is 34.0 Å². The lowest BCUT2D eigenvalue weighted by atomic mass is 10.1. The Morgan fingerprint density at radius 2 is 1.68 bits per heavy atom. The SMILES string of the molecule is Cc1cc(Oc2ccnc3cc(-c4cccnc4)ccc23)c(-c2ccccn2)nc1C. The predicted octanol–water partition coefficient (Wildman–Crippen LogP) is 6.16. The fraction of sp³-hybridized carbons (Fsp3) is 0.0769. The third-order valence-electron chi connectivity index (χ3n) is 5.26. The van der Waals surface area contributed by atoms with E-state index in [1.54, 1.807) is 18.6 Å². The van der Waals surface area contributed by atoms with Crippen molar-refractivity contribution >= 4 is 10.9 Å². The van der Waals surface area contributed by atoms with E-state index in [1.807, 2.05) is 68.6 Å². The number of pyridine rings is 4. The third kappa shape index (κ3) is 3.73. The van der Waals surface area contributed by atoms with Gasteiger partial charge in [0.15, 0.2) is 5.75 Å². The molecule has 0 radical (unpaired) electrons. The fourth-order valence-electron chi connectivity index (χ4n) is 3.49. The van der Waals surface area contributed by atoms with E-state index >= 15 is 0 Å². The Kier molecular flexibility index (Phi) is 4.84. The number of aryl methyl sites for hydroxylation is 2. The molecule has 31 heavy (non-hydrogen) atoms. The number of aromatic nitrogens is 4. The zero-order valence-electron chi connectivity index (χ0n) is 17.3. The highest BCUT2D eigenvalue weighted by molar-refractivity contribution is 5.89. The number of hydrogen-bond donors (Lipinski definition) is 0. The lowest BCUT2D eigenvalue weighted by molar-refractivity contribution is 0.486. The molecule has 5 aromatic rings. The quantitative estimate of drug-likeness (QED) is 0.359. The largest absolute Gasteiger partial charge is 0.454 e. The summed E-state index contributed by atoms with van der Waals surface area (Å²) in [6, 6.07) is 19.8. The number of ether oxygens (including phenoxy) is 1. The predicted molar refractivity (Wildman–Crippen MR) is 122 cm³/mol. The lowest BCUT2D eigenvalue weighted by Crippen LogP contribution is -1.98. The van der Waals surface area contributed by atoms with E-state index in [-0.39, 0.29) is 0 Å². The van der Waals surface area contributed by atoms with Crippen molar-refractivity contribution in [1.29, 1.82) is 0 Å². The zero-order valence-corrected chi connectivity index (χ0v) is 17.3. The average Bonchev–Trinajstić information content (AvgIpc) is 2.82. The third-order valence-corrected chi connectivity index (χ3v) is 5.26. The Hall–Kier alpha value is -4.12. The summed E-state index contributed by atoms with van der Waals surface area (Å²) in [5, 5.41) is 0.931. The van der Waals surface area contributed by atoms with Gasteiger partial charge in [-0.1, -0.05) is 18.2 Å². The van der Waals surface area contributed by atoms with Gasteiger partial charge < -0.3 is 4.74 Å². The average molecular weight is 404 g/mol. The molecule has 0 aliphatic rings. The molecule has 0 spiro atoms. The first kappa shape index (κ1) is 18.9. The van der Waals surface area contributed by atoms with Crippen LogP contribution in [0.2, 0.25) is 0 Å². The van der Waals surface area contributed by atoms with Crippen LogP contribution >= 0.6 is 0 Å². The summed E-state index contributed by atoms with van der Waals surface area (Å²) >= 11 is 0. The van der Waals surface area contributed by atoms with Crippen LogP contribution in [0.15, 0.2) is 85.5 Å². The van der Waals surface area contributed by atoms with Gasteiger partial charge in [0.2, 0.25) is 0 Å².